The molecule has 0 aromatic carbocycles. The lowest BCUT2D eigenvalue weighted by molar-refractivity contribution is 0.417. The molecule has 13 heavy (non-hydrogen) atoms. The van der Waals surface area contributed by atoms with Gasteiger partial charge < -0.3 is 10.3 Å². The van der Waals surface area contributed by atoms with Crippen molar-refractivity contribution in [1.29, 1.82) is 5.41 Å². The molecule has 2 nitrogen and oxygen atoms in total. The molecule has 0 saturated carbocycles. The second kappa shape index (κ2) is 5.05. The van der Waals surface area contributed by atoms with E-state index in [-0.39, 0.29) is 0 Å². The average Bonchev–Trinajstić information content (AvgIpc) is 2.02. The molecule has 0 saturated heterocycles. The van der Waals surface area contributed by atoms with Gasteiger partial charge >= 0.3 is 0 Å². The van der Waals surface area contributed by atoms with Crippen LogP contribution in [0.15, 0.2) is 12.3 Å². The minimum absolute atomic E-state index is 0.336. The summed E-state index contributed by atoms with van der Waals surface area (Å²) in [5.74, 6) is 0.798. The van der Waals surface area contributed by atoms with E-state index in [4.69, 9.17) is 5.41 Å². The Balaban J connectivity index is 4.08. The molecule has 0 atom stereocenters. The quantitative estimate of drug-likeness (QED) is 0.650. The second-order valence-corrected chi connectivity index (χ2v) is 4.18. The highest BCUT2D eigenvalue weighted by atomic mass is 15.1. The van der Waals surface area contributed by atoms with Gasteiger partial charge in [0.15, 0.2) is 0 Å². The molecule has 1 N–H and O–H groups in total. The number of hydrogen-bond donors (Lipinski definition) is 1. The zero-order chi connectivity index (χ0) is 10.6. The summed E-state index contributed by atoms with van der Waals surface area (Å²) in [5, 5.41) is 7.73. The van der Waals surface area contributed by atoms with E-state index in [1.807, 2.05) is 20.9 Å². The van der Waals surface area contributed by atoms with E-state index in [9.17, 15) is 0 Å². The lowest BCUT2D eigenvalue weighted by atomic mass is 10.1. The van der Waals surface area contributed by atoms with Gasteiger partial charge in [-0.25, -0.2) is 0 Å². The number of nitrogens with zero attached hydrogens (tertiary/aromatic N) is 1. The predicted molar refractivity (Wildman–Crippen MR) is 59.2 cm³/mol. The third-order valence-electron chi connectivity index (χ3n) is 2.26. The Bertz CT molecular complexity index is 192. The summed E-state index contributed by atoms with van der Waals surface area (Å²) in [5.41, 5.74) is 1.87. The summed E-state index contributed by atoms with van der Waals surface area (Å²) in [6.07, 6.45) is 0. The van der Waals surface area contributed by atoms with Crippen LogP contribution in [0.3, 0.4) is 0 Å². The fraction of sp³-hybridized carbons (Fsp3) is 0.727. The van der Waals surface area contributed by atoms with Gasteiger partial charge in [-0.2, -0.15) is 0 Å². The van der Waals surface area contributed by atoms with E-state index in [1.54, 1.807) is 0 Å². The fourth-order valence-electron chi connectivity index (χ4n) is 0.980. The molecule has 0 unspecified atom stereocenters. The Morgan fingerprint density at radius 1 is 1.23 bits per heavy atom. The molecule has 0 spiro atoms. The van der Waals surface area contributed by atoms with Crippen LogP contribution in [0.2, 0.25) is 0 Å². The smallest absolute Gasteiger partial charge is 0.0551 e. The standard InChI is InChI=1S/C11H22N2/c1-8(2)10(5)13(6)7-11(12)9(3)4/h8-9,12H,5,7H2,1-4,6H3. The Morgan fingerprint density at radius 2 is 1.69 bits per heavy atom. The Hall–Kier alpha value is -0.790. The van der Waals surface area contributed by atoms with Crippen LogP contribution < -0.4 is 0 Å². The second-order valence-electron chi connectivity index (χ2n) is 4.18. The van der Waals surface area contributed by atoms with Gasteiger partial charge in [-0.15, -0.1) is 0 Å². The van der Waals surface area contributed by atoms with Crippen molar-refractivity contribution in [2.45, 2.75) is 27.7 Å². The van der Waals surface area contributed by atoms with Crippen molar-refractivity contribution < 1.29 is 0 Å². The maximum Gasteiger partial charge on any atom is 0.0551 e. The monoisotopic (exact) mass is 182 g/mol. The molecule has 0 fully saturated rings. The fourth-order valence-corrected chi connectivity index (χ4v) is 0.980. The van der Waals surface area contributed by atoms with Gasteiger partial charge in [0.25, 0.3) is 0 Å². The van der Waals surface area contributed by atoms with Gasteiger partial charge in [-0.05, 0) is 11.8 Å². The maximum absolute atomic E-state index is 7.73. The maximum atomic E-state index is 7.73. The number of allylic oxidation sites excluding steroid dienone is 1. The van der Waals surface area contributed by atoms with Crippen LogP contribution in [0.4, 0.5) is 0 Å². The highest BCUT2D eigenvalue weighted by Gasteiger charge is 2.10. The van der Waals surface area contributed by atoms with E-state index in [2.05, 4.69) is 25.3 Å². The van der Waals surface area contributed by atoms with E-state index in [0.29, 0.717) is 18.4 Å². The van der Waals surface area contributed by atoms with Crippen molar-refractivity contribution in [3.05, 3.63) is 12.3 Å². The highest BCUT2D eigenvalue weighted by molar-refractivity contribution is 5.85. The van der Waals surface area contributed by atoms with Gasteiger partial charge in [0, 0.05) is 18.5 Å². The van der Waals surface area contributed by atoms with E-state index < -0.39 is 0 Å². The molecule has 0 radical (unpaired) electrons. The molecular weight excluding hydrogens is 160 g/mol. The van der Waals surface area contributed by atoms with Gasteiger partial charge in [0.2, 0.25) is 0 Å². The SMILES string of the molecule is C=C(C(C)C)N(C)CC(=N)C(C)C. The minimum atomic E-state index is 0.336. The molecule has 0 aliphatic carbocycles. The van der Waals surface area contributed by atoms with Crippen LogP contribution in [0, 0.1) is 17.2 Å². The van der Waals surface area contributed by atoms with Gasteiger partial charge in [-0.1, -0.05) is 34.3 Å². The van der Waals surface area contributed by atoms with E-state index >= 15 is 0 Å². The molecule has 0 aromatic rings. The van der Waals surface area contributed by atoms with Crippen LogP contribution in [0.1, 0.15) is 27.7 Å². The highest BCUT2D eigenvalue weighted by Crippen LogP contribution is 2.11. The van der Waals surface area contributed by atoms with Crippen molar-refractivity contribution in [1.82, 2.24) is 4.90 Å². The van der Waals surface area contributed by atoms with Crippen LogP contribution >= 0.6 is 0 Å². The molecule has 0 aromatic heterocycles. The summed E-state index contributed by atoms with van der Waals surface area (Å²) in [4.78, 5) is 2.06. The van der Waals surface area contributed by atoms with Crippen molar-refractivity contribution in [3.8, 4) is 0 Å². The van der Waals surface area contributed by atoms with Crippen LogP contribution in [-0.2, 0) is 0 Å². The molecule has 0 heterocycles. The molecular formula is C11H22N2. The van der Waals surface area contributed by atoms with Gasteiger partial charge in [-0.3, -0.25) is 0 Å². The van der Waals surface area contributed by atoms with E-state index in [0.717, 1.165) is 11.4 Å². The lowest BCUT2D eigenvalue weighted by Crippen LogP contribution is -2.29. The molecule has 76 valence electrons. The van der Waals surface area contributed by atoms with Gasteiger partial charge in [0.1, 0.15) is 0 Å². The number of rotatable bonds is 5. The largest absolute Gasteiger partial charge is 0.373 e. The normalized spacial score (nSPS) is 10.7. The molecule has 0 rings (SSSR count). The van der Waals surface area contributed by atoms with Crippen molar-refractivity contribution in [3.63, 3.8) is 0 Å². The molecule has 0 bridgehead atoms. The van der Waals surface area contributed by atoms with Gasteiger partial charge in [0.05, 0.1) is 6.54 Å². The van der Waals surface area contributed by atoms with Crippen LogP contribution in [0.25, 0.3) is 0 Å². The van der Waals surface area contributed by atoms with Crippen LogP contribution in [-0.4, -0.2) is 24.2 Å². The summed E-state index contributed by atoms with van der Waals surface area (Å²) < 4.78 is 0. The zero-order valence-electron chi connectivity index (χ0n) is 9.52. The minimum Gasteiger partial charge on any atom is -0.373 e. The Kier molecular flexibility index (Phi) is 4.74. The summed E-state index contributed by atoms with van der Waals surface area (Å²) >= 11 is 0. The third kappa shape index (κ3) is 4.11. The summed E-state index contributed by atoms with van der Waals surface area (Å²) in [6.45, 7) is 13.0. The zero-order valence-corrected chi connectivity index (χ0v) is 9.52. The topological polar surface area (TPSA) is 27.1 Å². The first kappa shape index (κ1) is 12.2. The summed E-state index contributed by atoms with van der Waals surface area (Å²) in [7, 11) is 2.00. The molecule has 0 aliphatic rings. The summed E-state index contributed by atoms with van der Waals surface area (Å²) in [6, 6.07) is 0. The van der Waals surface area contributed by atoms with Crippen molar-refractivity contribution in [2.75, 3.05) is 13.6 Å². The first-order chi connectivity index (χ1) is 5.86. The Morgan fingerprint density at radius 3 is 2.00 bits per heavy atom. The van der Waals surface area contributed by atoms with Crippen molar-refractivity contribution >= 4 is 5.71 Å². The third-order valence-corrected chi connectivity index (χ3v) is 2.26. The predicted octanol–water partition coefficient (Wildman–Crippen LogP) is 2.76. The number of hydrogen-bond acceptors (Lipinski definition) is 2. The van der Waals surface area contributed by atoms with Crippen LogP contribution in [0.5, 0.6) is 0 Å². The lowest BCUT2D eigenvalue weighted by Gasteiger charge is -2.25. The molecule has 2 heteroatoms. The average molecular weight is 182 g/mol. The number of nitrogens with one attached hydrogen (secondary N) is 1. The first-order valence-electron chi connectivity index (χ1n) is 4.83. The molecule has 0 aliphatic heterocycles. The first-order valence-corrected chi connectivity index (χ1v) is 4.83. The molecule has 0 amide bonds. The Labute approximate surface area is 82.1 Å². The van der Waals surface area contributed by atoms with Crippen molar-refractivity contribution in [2.24, 2.45) is 11.8 Å². The van der Waals surface area contributed by atoms with E-state index in [1.165, 1.54) is 0 Å².